The van der Waals surface area contributed by atoms with E-state index in [9.17, 15) is 0 Å². The van der Waals surface area contributed by atoms with E-state index in [1.165, 1.54) is 0 Å². The quantitative estimate of drug-likeness (QED) is 0.288. The Labute approximate surface area is 143 Å². The van der Waals surface area contributed by atoms with Crippen LogP contribution in [0.1, 0.15) is 40.5 Å². The van der Waals surface area contributed by atoms with Gasteiger partial charge in [-0.25, -0.2) is 0 Å². The minimum atomic E-state index is 0.362. The molecule has 0 aliphatic rings. The highest BCUT2D eigenvalue weighted by molar-refractivity contribution is 5.33. The van der Waals surface area contributed by atoms with Gasteiger partial charge in [-0.1, -0.05) is 57.7 Å². The zero-order valence-electron chi connectivity index (χ0n) is 15.5. The molecule has 128 valence electrons. The second-order valence-electron chi connectivity index (χ2n) is 6.00. The van der Waals surface area contributed by atoms with E-state index >= 15 is 0 Å². The van der Waals surface area contributed by atoms with Crippen molar-refractivity contribution >= 4 is 0 Å². The normalized spacial score (nSPS) is 13.2. The summed E-state index contributed by atoms with van der Waals surface area (Å²) >= 11 is 0. The molecule has 0 aromatic heterocycles. The van der Waals surface area contributed by atoms with Crippen LogP contribution in [-0.2, 0) is 0 Å². The van der Waals surface area contributed by atoms with Gasteiger partial charge in [-0.2, -0.15) is 0 Å². The lowest BCUT2D eigenvalue weighted by molar-refractivity contribution is 0.416. The lowest BCUT2D eigenvalue weighted by Crippen LogP contribution is -2.28. The zero-order valence-corrected chi connectivity index (χ0v) is 15.5. The molecule has 1 N–H and O–H groups in total. The van der Waals surface area contributed by atoms with Crippen molar-refractivity contribution in [2.75, 3.05) is 13.1 Å². The van der Waals surface area contributed by atoms with Gasteiger partial charge < -0.3 is 10.2 Å². The standard InChI is InChI=1S/C21H34N2/c1-9-12-14-22-20(8)21(13-10-2)23(15-18(6)11-3)16-19(7)17(4)5/h10-11,13,16,18,22H,2-4,8-9,12,14-15H2,1,5-7H3/b19-16+,21-13-. The van der Waals surface area contributed by atoms with Crippen LogP contribution in [0.5, 0.6) is 0 Å². The highest BCUT2D eigenvalue weighted by atomic mass is 15.1. The van der Waals surface area contributed by atoms with Gasteiger partial charge in [0.25, 0.3) is 0 Å². The molecular weight excluding hydrogens is 280 g/mol. The van der Waals surface area contributed by atoms with Crippen LogP contribution in [0.15, 0.2) is 73.3 Å². The Morgan fingerprint density at radius 1 is 1.22 bits per heavy atom. The van der Waals surface area contributed by atoms with Crippen molar-refractivity contribution in [3.05, 3.63) is 73.3 Å². The Balaban J connectivity index is 5.47. The van der Waals surface area contributed by atoms with Gasteiger partial charge in [-0.05, 0) is 37.8 Å². The molecule has 0 aliphatic heterocycles. The lowest BCUT2D eigenvalue weighted by Gasteiger charge is -2.28. The lowest BCUT2D eigenvalue weighted by atomic mass is 10.1. The second-order valence-corrected chi connectivity index (χ2v) is 6.00. The molecule has 1 unspecified atom stereocenters. The topological polar surface area (TPSA) is 15.3 Å². The predicted molar refractivity (Wildman–Crippen MR) is 105 cm³/mol. The molecule has 0 saturated carbocycles. The smallest absolute Gasteiger partial charge is 0.0635 e. The van der Waals surface area contributed by atoms with Gasteiger partial charge in [0.2, 0.25) is 0 Å². The Morgan fingerprint density at radius 2 is 1.87 bits per heavy atom. The van der Waals surface area contributed by atoms with E-state index < -0.39 is 0 Å². The first-order valence-electron chi connectivity index (χ1n) is 8.36. The van der Waals surface area contributed by atoms with E-state index in [0.29, 0.717) is 5.92 Å². The molecule has 0 amide bonds. The molecule has 0 aliphatic carbocycles. The van der Waals surface area contributed by atoms with E-state index in [4.69, 9.17) is 0 Å². The number of nitrogens with one attached hydrogen (secondary N) is 1. The molecule has 0 fully saturated rings. The van der Waals surface area contributed by atoms with Crippen LogP contribution in [0.3, 0.4) is 0 Å². The van der Waals surface area contributed by atoms with Crippen LogP contribution in [-0.4, -0.2) is 18.0 Å². The van der Waals surface area contributed by atoms with Crippen LogP contribution in [0.4, 0.5) is 0 Å². The predicted octanol–water partition coefficient (Wildman–Crippen LogP) is 5.56. The summed E-state index contributed by atoms with van der Waals surface area (Å²) in [7, 11) is 0. The van der Waals surface area contributed by atoms with Gasteiger partial charge >= 0.3 is 0 Å². The molecule has 0 heterocycles. The third kappa shape index (κ3) is 8.29. The van der Waals surface area contributed by atoms with Crippen molar-refractivity contribution in [1.82, 2.24) is 10.2 Å². The van der Waals surface area contributed by atoms with E-state index in [2.05, 4.69) is 63.5 Å². The van der Waals surface area contributed by atoms with Gasteiger partial charge in [0, 0.05) is 19.3 Å². The van der Waals surface area contributed by atoms with Crippen molar-refractivity contribution in [3.8, 4) is 0 Å². The number of rotatable bonds is 12. The molecule has 0 aromatic rings. The first-order valence-corrected chi connectivity index (χ1v) is 8.36. The summed E-state index contributed by atoms with van der Waals surface area (Å²) in [6.45, 7) is 26.2. The van der Waals surface area contributed by atoms with Gasteiger partial charge in [0.05, 0.1) is 11.4 Å². The molecule has 0 bridgehead atoms. The number of unbranched alkanes of at least 4 members (excludes halogenated alkanes) is 1. The third-order valence-electron chi connectivity index (χ3n) is 3.67. The highest BCUT2D eigenvalue weighted by Crippen LogP contribution is 2.19. The van der Waals surface area contributed by atoms with E-state index in [1.807, 2.05) is 19.1 Å². The summed E-state index contributed by atoms with van der Waals surface area (Å²) in [4.78, 5) is 2.21. The molecule has 2 heteroatoms. The van der Waals surface area contributed by atoms with Crippen LogP contribution < -0.4 is 5.32 Å². The van der Waals surface area contributed by atoms with Crippen molar-refractivity contribution < 1.29 is 0 Å². The third-order valence-corrected chi connectivity index (χ3v) is 3.67. The largest absolute Gasteiger partial charge is 0.384 e. The Morgan fingerprint density at radius 3 is 2.35 bits per heavy atom. The van der Waals surface area contributed by atoms with Gasteiger partial charge in [-0.15, -0.1) is 6.58 Å². The van der Waals surface area contributed by atoms with E-state index in [0.717, 1.165) is 48.5 Å². The van der Waals surface area contributed by atoms with Crippen LogP contribution in [0.25, 0.3) is 0 Å². The maximum atomic E-state index is 4.21. The maximum Gasteiger partial charge on any atom is 0.0635 e. The summed E-state index contributed by atoms with van der Waals surface area (Å²) in [5.74, 6) is 0.362. The molecule has 23 heavy (non-hydrogen) atoms. The number of allylic oxidation sites excluding steroid dienone is 4. The van der Waals surface area contributed by atoms with Gasteiger partial charge in [0.1, 0.15) is 0 Å². The number of hydrogen-bond donors (Lipinski definition) is 1. The number of hydrogen-bond acceptors (Lipinski definition) is 2. The van der Waals surface area contributed by atoms with Crippen molar-refractivity contribution in [2.45, 2.75) is 40.5 Å². The number of nitrogens with zero attached hydrogens (tertiary/aromatic N) is 1. The average molecular weight is 315 g/mol. The van der Waals surface area contributed by atoms with Crippen LogP contribution in [0, 0.1) is 5.92 Å². The first kappa shape index (κ1) is 21.0. The Hall–Kier alpha value is -1.96. The van der Waals surface area contributed by atoms with Crippen LogP contribution >= 0.6 is 0 Å². The van der Waals surface area contributed by atoms with E-state index in [-0.39, 0.29) is 0 Å². The monoisotopic (exact) mass is 314 g/mol. The molecule has 2 nitrogen and oxygen atoms in total. The SMILES string of the molecule is C=C/C=C(/C(=C)NCCCC)N(/C=C(\C)C(=C)C)CC(C)C=C. The molecule has 0 spiro atoms. The molecule has 0 saturated heterocycles. The van der Waals surface area contributed by atoms with Crippen LogP contribution in [0.2, 0.25) is 0 Å². The van der Waals surface area contributed by atoms with Crippen molar-refractivity contribution in [3.63, 3.8) is 0 Å². The van der Waals surface area contributed by atoms with Gasteiger partial charge in [0.15, 0.2) is 0 Å². The summed E-state index contributed by atoms with van der Waals surface area (Å²) < 4.78 is 0. The fourth-order valence-electron chi connectivity index (χ4n) is 1.94. The first-order chi connectivity index (χ1) is 10.9. The Kier molecular flexibility index (Phi) is 10.6. The second kappa shape index (κ2) is 11.6. The maximum absolute atomic E-state index is 4.21. The fourth-order valence-corrected chi connectivity index (χ4v) is 1.94. The summed E-state index contributed by atoms with van der Waals surface area (Å²) in [5.41, 5.74) is 4.16. The molecular formula is C21H34N2. The fraction of sp³-hybridized carbons (Fsp3) is 0.429. The summed E-state index contributed by atoms with van der Waals surface area (Å²) in [5, 5.41) is 3.41. The zero-order chi connectivity index (χ0) is 17.8. The molecule has 0 rings (SSSR count). The summed E-state index contributed by atoms with van der Waals surface area (Å²) in [6.07, 6.45) is 10.2. The minimum absolute atomic E-state index is 0.362. The summed E-state index contributed by atoms with van der Waals surface area (Å²) in [6, 6.07) is 0. The Bertz CT molecular complexity index is 480. The van der Waals surface area contributed by atoms with E-state index in [1.54, 1.807) is 6.08 Å². The van der Waals surface area contributed by atoms with Gasteiger partial charge in [-0.3, -0.25) is 0 Å². The molecule has 0 aromatic carbocycles. The minimum Gasteiger partial charge on any atom is -0.384 e. The van der Waals surface area contributed by atoms with Crippen molar-refractivity contribution in [2.24, 2.45) is 5.92 Å². The average Bonchev–Trinajstić information content (AvgIpc) is 2.51. The van der Waals surface area contributed by atoms with Crippen molar-refractivity contribution in [1.29, 1.82) is 0 Å². The molecule has 0 radical (unpaired) electrons. The molecule has 1 atom stereocenters. The highest BCUT2D eigenvalue weighted by Gasteiger charge is 2.13.